The van der Waals surface area contributed by atoms with Gasteiger partial charge in [-0.1, -0.05) is 32.0 Å². The van der Waals surface area contributed by atoms with Gasteiger partial charge in [-0.3, -0.25) is 0 Å². The van der Waals surface area contributed by atoms with Crippen molar-refractivity contribution in [3.05, 3.63) is 59.4 Å². The van der Waals surface area contributed by atoms with Crippen LogP contribution >= 0.6 is 0 Å². The maximum atomic E-state index is 13.2. The van der Waals surface area contributed by atoms with E-state index in [2.05, 4.69) is 13.8 Å². The largest absolute Gasteiger partial charge is 0.489 e. The molecule has 2 nitrogen and oxygen atoms in total. The lowest BCUT2D eigenvalue weighted by Gasteiger charge is -2.14. The lowest BCUT2D eigenvalue weighted by Crippen LogP contribution is -2.01. The number of ether oxygens (including phenoxy) is 1. The van der Waals surface area contributed by atoms with Gasteiger partial charge in [0.2, 0.25) is 0 Å². The predicted octanol–water partition coefficient (Wildman–Crippen LogP) is 4.11. The Labute approximate surface area is 113 Å². The van der Waals surface area contributed by atoms with Crippen molar-refractivity contribution in [2.45, 2.75) is 26.4 Å². The molecular weight excluding hydrogens is 241 g/mol. The van der Waals surface area contributed by atoms with E-state index in [0.717, 1.165) is 16.9 Å². The van der Waals surface area contributed by atoms with E-state index in [4.69, 9.17) is 10.5 Å². The summed E-state index contributed by atoms with van der Waals surface area (Å²) >= 11 is 0. The van der Waals surface area contributed by atoms with Gasteiger partial charge < -0.3 is 10.5 Å². The second-order valence-corrected chi connectivity index (χ2v) is 4.87. The van der Waals surface area contributed by atoms with Gasteiger partial charge in [0.15, 0.2) is 0 Å². The molecule has 0 amide bonds. The van der Waals surface area contributed by atoms with Crippen LogP contribution in [0.5, 0.6) is 5.75 Å². The minimum Gasteiger partial charge on any atom is -0.489 e. The van der Waals surface area contributed by atoms with Crippen LogP contribution in [0.3, 0.4) is 0 Å². The highest BCUT2D eigenvalue weighted by Gasteiger charge is 2.07. The zero-order valence-electron chi connectivity index (χ0n) is 11.2. The van der Waals surface area contributed by atoms with E-state index in [-0.39, 0.29) is 5.82 Å². The molecule has 0 aliphatic carbocycles. The average Bonchev–Trinajstić information content (AvgIpc) is 2.35. The lowest BCUT2D eigenvalue weighted by molar-refractivity contribution is 0.301. The average molecular weight is 259 g/mol. The summed E-state index contributed by atoms with van der Waals surface area (Å²) in [5, 5.41) is 0. The van der Waals surface area contributed by atoms with Gasteiger partial charge in [0.05, 0.1) is 0 Å². The number of para-hydroxylation sites is 1. The van der Waals surface area contributed by atoms with Crippen LogP contribution in [0.25, 0.3) is 0 Å². The van der Waals surface area contributed by atoms with Crippen LogP contribution in [-0.4, -0.2) is 0 Å². The second-order valence-electron chi connectivity index (χ2n) is 4.87. The first-order chi connectivity index (χ1) is 9.06. The summed E-state index contributed by atoms with van der Waals surface area (Å²) in [6.07, 6.45) is 0. The Hall–Kier alpha value is -2.03. The molecule has 0 radical (unpaired) electrons. The van der Waals surface area contributed by atoms with Crippen LogP contribution in [0.15, 0.2) is 42.5 Å². The Morgan fingerprint density at radius 2 is 1.89 bits per heavy atom. The molecule has 19 heavy (non-hydrogen) atoms. The number of rotatable bonds is 4. The van der Waals surface area contributed by atoms with Crippen molar-refractivity contribution in [2.75, 3.05) is 5.73 Å². The molecule has 0 aromatic heterocycles. The van der Waals surface area contributed by atoms with E-state index in [1.807, 2.05) is 24.3 Å². The smallest absolute Gasteiger partial charge is 0.125 e. The summed E-state index contributed by atoms with van der Waals surface area (Å²) in [5.41, 5.74) is 7.90. The molecule has 0 spiro atoms. The van der Waals surface area contributed by atoms with Gasteiger partial charge in [-0.25, -0.2) is 4.39 Å². The third kappa shape index (κ3) is 3.47. The zero-order chi connectivity index (χ0) is 13.8. The molecule has 0 aliphatic heterocycles. The van der Waals surface area contributed by atoms with E-state index in [0.29, 0.717) is 18.2 Å². The van der Waals surface area contributed by atoms with Gasteiger partial charge in [-0.15, -0.1) is 0 Å². The minimum atomic E-state index is -0.337. The Kier molecular flexibility index (Phi) is 4.05. The van der Waals surface area contributed by atoms with Crippen molar-refractivity contribution in [3.8, 4) is 5.75 Å². The second kappa shape index (κ2) is 5.74. The molecule has 0 fully saturated rings. The molecule has 0 atom stereocenters. The van der Waals surface area contributed by atoms with Gasteiger partial charge in [0, 0.05) is 5.69 Å². The maximum absolute atomic E-state index is 13.2. The van der Waals surface area contributed by atoms with Crippen molar-refractivity contribution < 1.29 is 9.13 Å². The highest BCUT2D eigenvalue weighted by atomic mass is 19.1. The van der Waals surface area contributed by atoms with Crippen LogP contribution in [0, 0.1) is 5.82 Å². The molecule has 0 unspecified atom stereocenters. The fourth-order valence-corrected chi connectivity index (χ4v) is 2.01. The number of nitrogen functional groups attached to an aromatic ring is 1. The van der Waals surface area contributed by atoms with Gasteiger partial charge in [-0.2, -0.15) is 0 Å². The van der Waals surface area contributed by atoms with Crippen LogP contribution in [-0.2, 0) is 6.61 Å². The zero-order valence-corrected chi connectivity index (χ0v) is 11.2. The number of benzene rings is 2. The summed E-state index contributed by atoms with van der Waals surface area (Å²) in [4.78, 5) is 0. The topological polar surface area (TPSA) is 35.2 Å². The molecule has 2 aromatic carbocycles. The van der Waals surface area contributed by atoms with Crippen molar-refractivity contribution in [1.82, 2.24) is 0 Å². The van der Waals surface area contributed by atoms with Crippen LogP contribution in [0.1, 0.15) is 30.9 Å². The molecule has 0 saturated heterocycles. The van der Waals surface area contributed by atoms with Crippen LogP contribution < -0.4 is 10.5 Å². The van der Waals surface area contributed by atoms with Crippen LogP contribution in [0.4, 0.5) is 10.1 Å². The first kappa shape index (κ1) is 13.4. The number of hydrogen-bond acceptors (Lipinski definition) is 2. The highest BCUT2D eigenvalue weighted by molar-refractivity contribution is 5.41. The maximum Gasteiger partial charge on any atom is 0.125 e. The Morgan fingerprint density at radius 3 is 2.58 bits per heavy atom. The van der Waals surface area contributed by atoms with Crippen molar-refractivity contribution in [3.63, 3.8) is 0 Å². The molecule has 2 aromatic rings. The standard InChI is InChI=1S/C16H18FNO/c1-11(2)15-5-3-4-6-16(15)19-10-12-7-13(17)9-14(18)8-12/h3-9,11H,10,18H2,1-2H3. The van der Waals surface area contributed by atoms with Gasteiger partial charge in [0.25, 0.3) is 0 Å². The van der Waals surface area contributed by atoms with Crippen molar-refractivity contribution >= 4 is 5.69 Å². The Bertz CT molecular complexity index is 546. The van der Waals surface area contributed by atoms with Gasteiger partial charge >= 0.3 is 0 Å². The molecule has 2 N–H and O–H groups in total. The van der Waals surface area contributed by atoms with Crippen molar-refractivity contribution in [2.24, 2.45) is 0 Å². The molecule has 0 heterocycles. The number of nitrogens with two attached hydrogens (primary N) is 1. The fraction of sp³-hybridized carbons (Fsp3) is 0.250. The number of halogens is 1. The normalized spacial score (nSPS) is 10.7. The predicted molar refractivity (Wildman–Crippen MR) is 75.7 cm³/mol. The number of hydrogen-bond donors (Lipinski definition) is 1. The third-order valence-electron chi connectivity index (χ3n) is 2.92. The monoisotopic (exact) mass is 259 g/mol. The highest BCUT2D eigenvalue weighted by Crippen LogP contribution is 2.26. The molecule has 2 rings (SSSR count). The molecule has 0 saturated carbocycles. The summed E-state index contributed by atoms with van der Waals surface area (Å²) in [7, 11) is 0. The Balaban J connectivity index is 2.14. The summed E-state index contributed by atoms with van der Waals surface area (Å²) in [6, 6.07) is 12.3. The Morgan fingerprint density at radius 1 is 1.16 bits per heavy atom. The molecule has 100 valence electrons. The lowest BCUT2D eigenvalue weighted by atomic mass is 10.0. The van der Waals surface area contributed by atoms with E-state index >= 15 is 0 Å². The SMILES string of the molecule is CC(C)c1ccccc1OCc1cc(N)cc(F)c1. The van der Waals surface area contributed by atoms with E-state index in [9.17, 15) is 4.39 Å². The van der Waals surface area contributed by atoms with E-state index in [1.54, 1.807) is 6.07 Å². The first-order valence-electron chi connectivity index (χ1n) is 6.33. The van der Waals surface area contributed by atoms with Gasteiger partial charge in [0.1, 0.15) is 18.2 Å². The quantitative estimate of drug-likeness (QED) is 0.839. The third-order valence-corrected chi connectivity index (χ3v) is 2.92. The summed E-state index contributed by atoms with van der Waals surface area (Å²) in [6.45, 7) is 4.54. The van der Waals surface area contributed by atoms with Crippen molar-refractivity contribution in [1.29, 1.82) is 0 Å². The fourth-order valence-electron chi connectivity index (χ4n) is 2.01. The first-order valence-corrected chi connectivity index (χ1v) is 6.33. The van der Waals surface area contributed by atoms with E-state index in [1.165, 1.54) is 12.1 Å². The molecule has 0 bridgehead atoms. The van der Waals surface area contributed by atoms with Gasteiger partial charge in [-0.05, 0) is 41.3 Å². The molecule has 0 aliphatic rings. The number of anilines is 1. The summed E-state index contributed by atoms with van der Waals surface area (Å²) in [5.74, 6) is 0.879. The molecule has 3 heteroatoms. The minimum absolute atomic E-state index is 0.311. The summed E-state index contributed by atoms with van der Waals surface area (Å²) < 4.78 is 19.0. The van der Waals surface area contributed by atoms with Crippen LogP contribution in [0.2, 0.25) is 0 Å². The molecular formula is C16H18FNO. The van der Waals surface area contributed by atoms with E-state index < -0.39 is 0 Å².